The molecule has 0 bridgehead atoms. The molecule has 5 nitrogen and oxygen atoms in total. The number of nitrogens with zero attached hydrogens (tertiary/aromatic N) is 3. The maximum absolute atomic E-state index is 13.8. The van der Waals surface area contributed by atoms with E-state index in [1.165, 1.54) is 6.07 Å². The van der Waals surface area contributed by atoms with E-state index in [0.717, 1.165) is 17.7 Å². The van der Waals surface area contributed by atoms with E-state index < -0.39 is 0 Å². The molecule has 2 N–H and O–H groups in total. The number of benzene rings is 1. The van der Waals surface area contributed by atoms with Gasteiger partial charge in [0.2, 0.25) is 5.95 Å². The molecule has 0 aliphatic rings. The second-order valence-corrected chi connectivity index (χ2v) is 6.19. The fraction of sp³-hybridized carbons (Fsp3) is 0.250. The highest BCUT2D eigenvalue weighted by molar-refractivity contribution is 5.68. The lowest BCUT2D eigenvalue weighted by molar-refractivity contribution is 0.619. The maximum Gasteiger partial charge on any atom is 0.225 e. The van der Waals surface area contributed by atoms with Crippen LogP contribution in [-0.2, 0) is 0 Å². The summed E-state index contributed by atoms with van der Waals surface area (Å²) in [7, 11) is 0. The molecule has 26 heavy (non-hydrogen) atoms. The highest BCUT2D eigenvalue weighted by atomic mass is 19.1. The predicted molar refractivity (Wildman–Crippen MR) is 103 cm³/mol. The summed E-state index contributed by atoms with van der Waals surface area (Å²) in [6, 6.07) is 10.8. The number of anilines is 3. The lowest BCUT2D eigenvalue weighted by Crippen LogP contribution is -2.16. The molecule has 2 heterocycles. The summed E-state index contributed by atoms with van der Waals surface area (Å²) in [5, 5.41) is 6.51. The molecule has 134 valence electrons. The van der Waals surface area contributed by atoms with Crippen LogP contribution >= 0.6 is 0 Å². The van der Waals surface area contributed by atoms with Crippen LogP contribution in [0.5, 0.6) is 0 Å². The van der Waals surface area contributed by atoms with Gasteiger partial charge in [0, 0.05) is 41.3 Å². The van der Waals surface area contributed by atoms with Crippen LogP contribution in [0.4, 0.5) is 21.8 Å². The first-order chi connectivity index (χ1) is 12.6. The minimum absolute atomic E-state index is 0.242. The van der Waals surface area contributed by atoms with Gasteiger partial charge in [0.1, 0.15) is 11.6 Å². The van der Waals surface area contributed by atoms with Gasteiger partial charge >= 0.3 is 0 Å². The highest BCUT2D eigenvalue weighted by Gasteiger charge is 2.11. The third-order valence-corrected chi connectivity index (χ3v) is 4.22. The largest absolute Gasteiger partial charge is 0.352 e. The second kappa shape index (κ2) is 7.91. The van der Waals surface area contributed by atoms with Crippen molar-refractivity contribution < 1.29 is 4.39 Å². The zero-order chi connectivity index (χ0) is 18.5. The summed E-state index contributed by atoms with van der Waals surface area (Å²) in [5.41, 5.74) is 2.94. The van der Waals surface area contributed by atoms with Crippen LogP contribution in [0.15, 0.2) is 48.8 Å². The molecule has 2 aromatic heterocycles. The second-order valence-electron chi connectivity index (χ2n) is 6.19. The van der Waals surface area contributed by atoms with Crippen molar-refractivity contribution in [1.29, 1.82) is 0 Å². The van der Waals surface area contributed by atoms with E-state index in [9.17, 15) is 4.39 Å². The lowest BCUT2D eigenvalue weighted by Gasteiger charge is -2.15. The number of aromatic nitrogens is 3. The Balaban J connectivity index is 2.00. The summed E-state index contributed by atoms with van der Waals surface area (Å²) in [6.45, 7) is 5.91. The molecule has 1 atom stereocenters. The zero-order valence-corrected chi connectivity index (χ0v) is 15.1. The van der Waals surface area contributed by atoms with Crippen molar-refractivity contribution in [2.75, 3.05) is 10.6 Å². The Kier molecular flexibility index (Phi) is 5.41. The fourth-order valence-electron chi connectivity index (χ4n) is 2.45. The highest BCUT2D eigenvalue weighted by Crippen LogP contribution is 2.26. The van der Waals surface area contributed by atoms with Crippen molar-refractivity contribution in [2.45, 2.75) is 33.2 Å². The third-order valence-electron chi connectivity index (χ3n) is 4.22. The molecular weight excluding hydrogens is 329 g/mol. The molecule has 0 unspecified atom stereocenters. The monoisotopic (exact) mass is 351 g/mol. The van der Waals surface area contributed by atoms with Crippen molar-refractivity contribution in [3.8, 4) is 11.3 Å². The van der Waals surface area contributed by atoms with E-state index >= 15 is 0 Å². The lowest BCUT2D eigenvalue weighted by atomic mass is 10.1. The molecule has 0 radical (unpaired) electrons. The van der Waals surface area contributed by atoms with Gasteiger partial charge in [0.05, 0.1) is 5.69 Å². The van der Waals surface area contributed by atoms with E-state index in [-0.39, 0.29) is 11.9 Å². The van der Waals surface area contributed by atoms with Gasteiger partial charge in [-0.1, -0.05) is 13.0 Å². The van der Waals surface area contributed by atoms with E-state index in [1.54, 1.807) is 25.4 Å². The van der Waals surface area contributed by atoms with Gasteiger partial charge in [-0.05, 0) is 44.5 Å². The van der Waals surface area contributed by atoms with Crippen LogP contribution in [0.1, 0.15) is 25.8 Å². The summed E-state index contributed by atoms with van der Waals surface area (Å²) in [4.78, 5) is 13.2. The first-order valence-electron chi connectivity index (χ1n) is 8.65. The Bertz CT molecular complexity index is 883. The van der Waals surface area contributed by atoms with Gasteiger partial charge in [-0.15, -0.1) is 0 Å². The summed E-state index contributed by atoms with van der Waals surface area (Å²) >= 11 is 0. The average molecular weight is 351 g/mol. The number of rotatable bonds is 6. The molecule has 0 spiro atoms. The minimum Gasteiger partial charge on any atom is -0.352 e. The fourth-order valence-corrected chi connectivity index (χ4v) is 2.45. The van der Waals surface area contributed by atoms with E-state index in [2.05, 4.69) is 39.4 Å². The molecule has 0 aliphatic heterocycles. The minimum atomic E-state index is -0.253. The van der Waals surface area contributed by atoms with Crippen LogP contribution in [0.2, 0.25) is 0 Å². The van der Waals surface area contributed by atoms with Crippen LogP contribution < -0.4 is 10.6 Å². The molecule has 0 saturated heterocycles. The zero-order valence-electron chi connectivity index (χ0n) is 15.1. The van der Waals surface area contributed by atoms with Crippen molar-refractivity contribution in [3.63, 3.8) is 0 Å². The Hall–Kier alpha value is -3.02. The summed E-state index contributed by atoms with van der Waals surface area (Å²) in [5.74, 6) is 0.882. The van der Waals surface area contributed by atoms with E-state index in [4.69, 9.17) is 0 Å². The molecule has 0 amide bonds. The smallest absolute Gasteiger partial charge is 0.225 e. The molecule has 0 aliphatic carbocycles. The van der Waals surface area contributed by atoms with Gasteiger partial charge in [-0.25, -0.2) is 9.37 Å². The van der Waals surface area contributed by atoms with E-state index in [0.29, 0.717) is 23.0 Å². The third kappa shape index (κ3) is 4.14. The van der Waals surface area contributed by atoms with Gasteiger partial charge in [-0.3, -0.25) is 4.98 Å². The first kappa shape index (κ1) is 17.8. The Morgan fingerprint density at radius 1 is 1.12 bits per heavy atom. The summed E-state index contributed by atoms with van der Waals surface area (Å²) in [6.07, 6.45) is 4.40. The van der Waals surface area contributed by atoms with Crippen molar-refractivity contribution >= 4 is 17.5 Å². The first-order valence-corrected chi connectivity index (χ1v) is 8.65. The quantitative estimate of drug-likeness (QED) is 0.658. The van der Waals surface area contributed by atoms with E-state index in [1.807, 2.05) is 24.3 Å². The Morgan fingerprint density at radius 2 is 1.88 bits per heavy atom. The number of hydrogen-bond acceptors (Lipinski definition) is 5. The molecule has 1 aromatic carbocycles. The summed E-state index contributed by atoms with van der Waals surface area (Å²) < 4.78 is 13.8. The molecule has 3 aromatic rings. The topological polar surface area (TPSA) is 62.7 Å². The number of hydrogen-bond donors (Lipinski definition) is 2. The molecular formula is C20H22FN5. The van der Waals surface area contributed by atoms with Gasteiger partial charge in [0.25, 0.3) is 0 Å². The van der Waals surface area contributed by atoms with Crippen molar-refractivity contribution in [2.24, 2.45) is 0 Å². The Morgan fingerprint density at radius 3 is 2.62 bits per heavy atom. The number of pyridine rings is 1. The normalized spacial score (nSPS) is 11.8. The maximum atomic E-state index is 13.8. The number of halogens is 1. The predicted octanol–water partition coefficient (Wildman–Crippen LogP) is 4.94. The molecule has 0 fully saturated rings. The SMILES string of the molecule is CC[C@@H](C)Nc1nc(Nc2cccc(F)c2C)cc(-c2ccncc2)n1. The van der Waals surface area contributed by atoms with Crippen LogP contribution in [0.3, 0.4) is 0 Å². The van der Waals surface area contributed by atoms with Crippen molar-refractivity contribution in [1.82, 2.24) is 15.0 Å². The van der Waals surface area contributed by atoms with Gasteiger partial charge < -0.3 is 10.6 Å². The molecule has 0 saturated carbocycles. The van der Waals surface area contributed by atoms with Crippen molar-refractivity contribution in [3.05, 3.63) is 60.2 Å². The van der Waals surface area contributed by atoms with Gasteiger partial charge in [0.15, 0.2) is 0 Å². The van der Waals surface area contributed by atoms with Crippen LogP contribution in [0.25, 0.3) is 11.3 Å². The molecule has 6 heteroatoms. The standard InChI is InChI=1S/C20H22FN5/c1-4-13(2)23-20-25-18(15-8-10-22-11-9-15)12-19(26-20)24-17-7-5-6-16(21)14(17)3/h5-13H,4H2,1-3H3,(H2,23,24,25,26)/t13-/m1/s1. The average Bonchev–Trinajstić information content (AvgIpc) is 2.66. The van der Waals surface area contributed by atoms with Crippen LogP contribution in [0, 0.1) is 12.7 Å². The number of nitrogens with one attached hydrogen (secondary N) is 2. The molecule has 3 rings (SSSR count). The van der Waals surface area contributed by atoms with Gasteiger partial charge in [-0.2, -0.15) is 4.98 Å². The van der Waals surface area contributed by atoms with Crippen LogP contribution in [-0.4, -0.2) is 21.0 Å². The Labute approximate surface area is 152 Å².